The topological polar surface area (TPSA) is 42.3 Å². The second-order valence-electron chi connectivity index (χ2n) is 8.70. The first-order valence-electron chi connectivity index (χ1n) is 11.9. The maximum Gasteiger partial charge on any atom is 0.168 e. The molecule has 33 heavy (non-hydrogen) atoms. The number of hydrogen-bond donors (Lipinski definition) is 1. The third-order valence-electron chi connectivity index (χ3n) is 6.42. The fourth-order valence-electron chi connectivity index (χ4n) is 4.49. The predicted molar refractivity (Wildman–Crippen MR) is 138 cm³/mol. The summed E-state index contributed by atoms with van der Waals surface area (Å²) < 4.78 is 7.55. The van der Waals surface area contributed by atoms with Crippen LogP contribution >= 0.6 is 12.2 Å². The number of unbranched alkanes of at least 4 members (excludes halogenated alkanes) is 1. The van der Waals surface area contributed by atoms with Crippen LogP contribution in [0.3, 0.4) is 0 Å². The number of ether oxygens (including phenoxy) is 1. The molecule has 1 aliphatic heterocycles. The van der Waals surface area contributed by atoms with Crippen molar-refractivity contribution in [3.63, 3.8) is 0 Å². The van der Waals surface area contributed by atoms with Crippen LogP contribution in [-0.2, 0) is 13.0 Å². The summed E-state index contributed by atoms with van der Waals surface area (Å²) in [5.74, 6) is 2.55. The van der Waals surface area contributed by atoms with Gasteiger partial charge in [-0.25, -0.2) is 4.98 Å². The molecule has 4 rings (SSSR count). The van der Waals surface area contributed by atoms with Gasteiger partial charge in [-0.2, -0.15) is 0 Å². The summed E-state index contributed by atoms with van der Waals surface area (Å²) >= 11 is 5.67. The normalized spacial score (nSPS) is 14.3. The lowest BCUT2D eigenvalue weighted by molar-refractivity contribution is 0.300. The minimum Gasteiger partial charge on any atom is -0.497 e. The second-order valence-corrected chi connectivity index (χ2v) is 9.08. The first kappa shape index (κ1) is 23.3. The Morgan fingerprint density at radius 3 is 2.52 bits per heavy atom. The van der Waals surface area contributed by atoms with Crippen molar-refractivity contribution in [2.24, 2.45) is 0 Å². The summed E-state index contributed by atoms with van der Waals surface area (Å²) in [5.41, 5.74) is 2.66. The molecule has 0 spiro atoms. The third kappa shape index (κ3) is 6.57. The average Bonchev–Trinajstić information content (AvgIpc) is 3.33. The van der Waals surface area contributed by atoms with Crippen molar-refractivity contribution in [1.29, 1.82) is 0 Å². The Bertz CT molecular complexity index is 994. The van der Waals surface area contributed by atoms with Crippen LogP contribution in [0.5, 0.6) is 5.75 Å². The highest BCUT2D eigenvalue weighted by Gasteiger charge is 2.25. The average molecular weight is 463 g/mol. The van der Waals surface area contributed by atoms with E-state index in [1.165, 1.54) is 23.4 Å². The molecule has 0 unspecified atom stereocenters. The minimum absolute atomic E-state index is 0.475. The molecule has 0 bridgehead atoms. The van der Waals surface area contributed by atoms with Gasteiger partial charge in [0, 0.05) is 44.5 Å². The number of methoxy groups -OCH3 is 1. The number of piperidine rings is 1. The van der Waals surface area contributed by atoms with E-state index in [-0.39, 0.29) is 0 Å². The maximum absolute atomic E-state index is 5.67. The largest absolute Gasteiger partial charge is 0.497 e. The zero-order valence-corrected chi connectivity index (χ0v) is 20.3. The van der Waals surface area contributed by atoms with Gasteiger partial charge in [-0.3, -0.25) is 0 Å². The molecule has 0 radical (unpaired) electrons. The maximum atomic E-state index is 5.67. The van der Waals surface area contributed by atoms with Gasteiger partial charge in [0.15, 0.2) is 5.11 Å². The van der Waals surface area contributed by atoms with Gasteiger partial charge in [0.05, 0.1) is 7.11 Å². The standard InChI is InChI=1S/C27H34N4OS/c1-32-25-12-10-23(11-13-25)21-31-20-17-28-26(31)24-14-18-30(19-15-24)27(33)29-16-6-5-9-22-7-3-2-4-8-22/h2-4,7-8,10-13,17,20,24H,5-6,9,14-16,18-19,21H2,1H3,(H,29,33). The molecular formula is C27H34N4OS. The van der Waals surface area contributed by atoms with Crippen molar-refractivity contribution in [2.75, 3.05) is 26.7 Å². The van der Waals surface area contributed by atoms with Crippen LogP contribution in [0.2, 0.25) is 0 Å². The molecule has 1 saturated heterocycles. The molecule has 1 fully saturated rings. The van der Waals surface area contributed by atoms with Gasteiger partial charge in [0.2, 0.25) is 0 Å². The Morgan fingerprint density at radius 1 is 1.03 bits per heavy atom. The van der Waals surface area contributed by atoms with Crippen LogP contribution in [0.1, 0.15) is 48.6 Å². The fourth-order valence-corrected chi connectivity index (χ4v) is 4.77. The number of aryl methyl sites for hydroxylation is 1. The van der Waals surface area contributed by atoms with Crippen LogP contribution in [0.4, 0.5) is 0 Å². The molecule has 1 N–H and O–H groups in total. The number of imidazole rings is 1. The SMILES string of the molecule is COc1ccc(Cn2ccnc2C2CCN(C(=S)NCCCCc3ccccc3)CC2)cc1. The van der Waals surface area contributed by atoms with Gasteiger partial charge in [-0.05, 0) is 67.6 Å². The Morgan fingerprint density at radius 2 is 1.79 bits per heavy atom. The first-order chi connectivity index (χ1) is 16.2. The van der Waals surface area contributed by atoms with Crippen LogP contribution in [0, 0.1) is 0 Å². The smallest absolute Gasteiger partial charge is 0.168 e. The summed E-state index contributed by atoms with van der Waals surface area (Å²) in [6.45, 7) is 3.74. The lowest BCUT2D eigenvalue weighted by Gasteiger charge is -2.33. The molecule has 0 atom stereocenters. The number of rotatable bonds is 9. The number of aromatic nitrogens is 2. The Hall–Kier alpha value is -2.86. The van der Waals surface area contributed by atoms with E-state index in [4.69, 9.17) is 21.9 Å². The monoisotopic (exact) mass is 462 g/mol. The van der Waals surface area contributed by atoms with E-state index in [1.807, 2.05) is 18.3 Å². The molecule has 5 nitrogen and oxygen atoms in total. The van der Waals surface area contributed by atoms with Gasteiger partial charge in [-0.15, -0.1) is 0 Å². The summed E-state index contributed by atoms with van der Waals surface area (Å²) in [6.07, 6.45) is 9.61. The lowest BCUT2D eigenvalue weighted by atomic mass is 9.96. The third-order valence-corrected chi connectivity index (χ3v) is 6.82. The molecule has 2 aromatic carbocycles. The molecule has 174 valence electrons. The second kappa shape index (κ2) is 11.8. The van der Waals surface area contributed by atoms with Crippen molar-refractivity contribution in [1.82, 2.24) is 19.8 Å². The number of thiocarbonyl (C=S) groups is 1. The highest BCUT2D eigenvalue weighted by molar-refractivity contribution is 7.80. The molecule has 6 heteroatoms. The molecule has 0 saturated carbocycles. The number of hydrogen-bond acceptors (Lipinski definition) is 3. The fraction of sp³-hybridized carbons (Fsp3) is 0.407. The molecule has 3 aromatic rings. The number of likely N-dealkylation sites (tertiary alicyclic amines) is 1. The summed E-state index contributed by atoms with van der Waals surface area (Å²) in [7, 11) is 1.70. The molecular weight excluding hydrogens is 428 g/mol. The van der Waals surface area contributed by atoms with Gasteiger partial charge < -0.3 is 19.5 Å². The summed E-state index contributed by atoms with van der Waals surface area (Å²) in [5, 5.41) is 4.37. The molecule has 1 aromatic heterocycles. The van der Waals surface area contributed by atoms with Crippen LogP contribution in [0.25, 0.3) is 0 Å². The molecule has 0 aliphatic carbocycles. The highest BCUT2D eigenvalue weighted by atomic mass is 32.1. The zero-order valence-electron chi connectivity index (χ0n) is 19.5. The molecule has 2 heterocycles. The van der Waals surface area contributed by atoms with Crippen molar-refractivity contribution in [2.45, 2.75) is 44.6 Å². The van der Waals surface area contributed by atoms with Gasteiger partial charge in [-0.1, -0.05) is 42.5 Å². The van der Waals surface area contributed by atoms with Crippen LogP contribution in [-0.4, -0.2) is 46.3 Å². The van der Waals surface area contributed by atoms with Crippen molar-refractivity contribution in [3.05, 3.63) is 83.9 Å². The van der Waals surface area contributed by atoms with Gasteiger partial charge >= 0.3 is 0 Å². The Kier molecular flexibility index (Phi) is 8.36. The van der Waals surface area contributed by atoms with E-state index in [2.05, 4.69) is 63.4 Å². The van der Waals surface area contributed by atoms with Gasteiger partial charge in [0.25, 0.3) is 0 Å². The molecule has 0 amide bonds. The zero-order chi connectivity index (χ0) is 22.9. The number of benzene rings is 2. The van der Waals surface area contributed by atoms with E-state index in [1.54, 1.807) is 7.11 Å². The number of nitrogens with one attached hydrogen (secondary N) is 1. The minimum atomic E-state index is 0.475. The highest BCUT2D eigenvalue weighted by Crippen LogP contribution is 2.27. The van der Waals surface area contributed by atoms with Crippen molar-refractivity contribution >= 4 is 17.3 Å². The first-order valence-corrected chi connectivity index (χ1v) is 12.3. The van der Waals surface area contributed by atoms with E-state index >= 15 is 0 Å². The van der Waals surface area contributed by atoms with Gasteiger partial charge in [0.1, 0.15) is 11.6 Å². The van der Waals surface area contributed by atoms with E-state index < -0.39 is 0 Å². The summed E-state index contributed by atoms with van der Waals surface area (Å²) in [6, 6.07) is 19.0. The van der Waals surface area contributed by atoms with E-state index in [0.29, 0.717) is 5.92 Å². The predicted octanol–water partition coefficient (Wildman–Crippen LogP) is 5.02. The van der Waals surface area contributed by atoms with Crippen molar-refractivity contribution in [3.8, 4) is 5.75 Å². The van der Waals surface area contributed by atoms with Crippen LogP contribution < -0.4 is 10.1 Å². The number of nitrogens with zero attached hydrogens (tertiary/aromatic N) is 3. The molecule has 1 aliphatic rings. The Balaban J connectivity index is 1.19. The summed E-state index contributed by atoms with van der Waals surface area (Å²) in [4.78, 5) is 7.03. The van der Waals surface area contributed by atoms with E-state index in [0.717, 1.165) is 62.7 Å². The van der Waals surface area contributed by atoms with Crippen LogP contribution in [0.15, 0.2) is 67.0 Å². The quantitative estimate of drug-likeness (QED) is 0.357. The van der Waals surface area contributed by atoms with Crippen molar-refractivity contribution < 1.29 is 4.74 Å². The lowest BCUT2D eigenvalue weighted by Crippen LogP contribution is -2.44. The Labute approximate surface area is 202 Å². The van der Waals surface area contributed by atoms with E-state index in [9.17, 15) is 0 Å².